The molecule has 0 unspecified atom stereocenters. The normalized spacial score (nSPS) is 9.47. The molecule has 0 radical (unpaired) electrons. The van der Waals surface area contributed by atoms with E-state index in [1.807, 2.05) is 0 Å². The quantitative estimate of drug-likeness (QED) is 0.698. The SMILES string of the molecule is C=C(C)CNC(=O)Nc1cccc(C(=O)O)c1. The van der Waals surface area contributed by atoms with E-state index in [-0.39, 0.29) is 5.56 Å². The Balaban J connectivity index is 2.62. The van der Waals surface area contributed by atoms with Crippen LogP contribution in [0.2, 0.25) is 0 Å². The minimum absolute atomic E-state index is 0.128. The van der Waals surface area contributed by atoms with Crippen LogP contribution in [-0.4, -0.2) is 23.7 Å². The molecule has 0 spiro atoms. The van der Waals surface area contributed by atoms with Crippen LogP contribution in [0.25, 0.3) is 0 Å². The van der Waals surface area contributed by atoms with E-state index in [9.17, 15) is 9.59 Å². The van der Waals surface area contributed by atoms with E-state index < -0.39 is 12.0 Å². The maximum atomic E-state index is 11.4. The number of hydrogen-bond donors (Lipinski definition) is 3. The molecule has 17 heavy (non-hydrogen) atoms. The molecule has 0 bridgehead atoms. The molecule has 0 atom stereocenters. The van der Waals surface area contributed by atoms with Crippen molar-refractivity contribution in [1.82, 2.24) is 5.32 Å². The van der Waals surface area contributed by atoms with E-state index in [1.54, 1.807) is 19.1 Å². The lowest BCUT2D eigenvalue weighted by Gasteiger charge is -2.07. The molecule has 2 amide bonds. The predicted molar refractivity (Wildman–Crippen MR) is 65.2 cm³/mol. The van der Waals surface area contributed by atoms with Gasteiger partial charge in [0.2, 0.25) is 0 Å². The highest BCUT2D eigenvalue weighted by atomic mass is 16.4. The summed E-state index contributed by atoms with van der Waals surface area (Å²) in [7, 11) is 0. The topological polar surface area (TPSA) is 78.4 Å². The Morgan fingerprint density at radius 3 is 2.71 bits per heavy atom. The van der Waals surface area contributed by atoms with Gasteiger partial charge in [0.05, 0.1) is 5.56 Å². The van der Waals surface area contributed by atoms with Gasteiger partial charge in [0.15, 0.2) is 0 Å². The van der Waals surface area contributed by atoms with Crippen LogP contribution in [-0.2, 0) is 0 Å². The molecule has 0 fully saturated rings. The van der Waals surface area contributed by atoms with E-state index in [4.69, 9.17) is 5.11 Å². The first-order valence-electron chi connectivity index (χ1n) is 5.01. The van der Waals surface area contributed by atoms with Crippen LogP contribution in [0.3, 0.4) is 0 Å². The summed E-state index contributed by atoms with van der Waals surface area (Å²) in [5.74, 6) is -1.03. The van der Waals surface area contributed by atoms with Gasteiger partial charge in [0, 0.05) is 12.2 Å². The lowest BCUT2D eigenvalue weighted by atomic mass is 10.2. The number of carboxylic acid groups (broad SMARTS) is 1. The number of amides is 2. The summed E-state index contributed by atoms with van der Waals surface area (Å²) in [6, 6.07) is 5.64. The average molecular weight is 234 g/mol. The zero-order chi connectivity index (χ0) is 12.8. The van der Waals surface area contributed by atoms with Crippen molar-refractivity contribution in [3.63, 3.8) is 0 Å². The number of aromatic carboxylic acids is 1. The molecule has 1 aromatic carbocycles. The van der Waals surface area contributed by atoms with E-state index >= 15 is 0 Å². The van der Waals surface area contributed by atoms with Crippen LogP contribution < -0.4 is 10.6 Å². The van der Waals surface area contributed by atoms with Gasteiger partial charge >= 0.3 is 12.0 Å². The van der Waals surface area contributed by atoms with E-state index in [0.29, 0.717) is 12.2 Å². The van der Waals surface area contributed by atoms with Crippen LogP contribution in [0.1, 0.15) is 17.3 Å². The number of benzene rings is 1. The van der Waals surface area contributed by atoms with Crippen molar-refractivity contribution in [3.05, 3.63) is 42.0 Å². The molecule has 0 aromatic heterocycles. The van der Waals surface area contributed by atoms with Crippen molar-refractivity contribution >= 4 is 17.7 Å². The second kappa shape index (κ2) is 5.69. The molecule has 3 N–H and O–H groups in total. The molecule has 0 aliphatic carbocycles. The van der Waals surface area contributed by atoms with Crippen molar-refractivity contribution in [1.29, 1.82) is 0 Å². The second-order valence-electron chi connectivity index (χ2n) is 3.65. The van der Waals surface area contributed by atoms with E-state index in [0.717, 1.165) is 5.57 Å². The summed E-state index contributed by atoms with van der Waals surface area (Å²) in [6.45, 7) is 5.83. The first-order valence-corrected chi connectivity index (χ1v) is 5.01. The van der Waals surface area contributed by atoms with Crippen molar-refractivity contribution in [2.24, 2.45) is 0 Å². The first-order chi connectivity index (χ1) is 7.99. The van der Waals surface area contributed by atoms with Gasteiger partial charge in [-0.25, -0.2) is 9.59 Å². The Labute approximate surface area is 99.1 Å². The van der Waals surface area contributed by atoms with Crippen molar-refractivity contribution in [2.75, 3.05) is 11.9 Å². The van der Waals surface area contributed by atoms with Gasteiger partial charge in [-0.05, 0) is 25.1 Å². The van der Waals surface area contributed by atoms with Crippen LogP contribution >= 0.6 is 0 Å². The molecule has 0 heterocycles. The van der Waals surface area contributed by atoms with E-state index in [1.165, 1.54) is 12.1 Å². The third-order valence-electron chi connectivity index (χ3n) is 1.92. The minimum atomic E-state index is -1.03. The van der Waals surface area contributed by atoms with Gasteiger partial charge in [-0.2, -0.15) is 0 Å². The van der Waals surface area contributed by atoms with Crippen molar-refractivity contribution in [3.8, 4) is 0 Å². The molecule has 0 saturated carbocycles. The number of anilines is 1. The van der Waals surface area contributed by atoms with Crippen LogP contribution in [0, 0.1) is 0 Å². The lowest BCUT2D eigenvalue weighted by molar-refractivity contribution is 0.0697. The predicted octanol–water partition coefficient (Wildman–Crippen LogP) is 2.08. The Kier molecular flexibility index (Phi) is 4.28. The van der Waals surface area contributed by atoms with Crippen molar-refractivity contribution in [2.45, 2.75) is 6.92 Å². The molecule has 90 valence electrons. The molecular formula is C12H14N2O3. The summed E-state index contributed by atoms with van der Waals surface area (Å²) in [5, 5.41) is 13.9. The molecular weight excluding hydrogens is 220 g/mol. The van der Waals surface area contributed by atoms with E-state index in [2.05, 4.69) is 17.2 Å². The summed E-state index contributed by atoms with van der Waals surface area (Å²) in [4.78, 5) is 22.1. The highest BCUT2D eigenvalue weighted by Crippen LogP contribution is 2.10. The first kappa shape index (κ1) is 12.8. The van der Waals surface area contributed by atoms with Crippen molar-refractivity contribution < 1.29 is 14.7 Å². The van der Waals surface area contributed by atoms with Gasteiger partial charge in [-0.15, -0.1) is 0 Å². The van der Waals surface area contributed by atoms with Crippen LogP contribution in [0.15, 0.2) is 36.4 Å². The average Bonchev–Trinajstić information content (AvgIpc) is 2.26. The van der Waals surface area contributed by atoms with Crippen LogP contribution in [0.4, 0.5) is 10.5 Å². The Hall–Kier alpha value is -2.30. The van der Waals surface area contributed by atoms with Gasteiger partial charge in [-0.3, -0.25) is 0 Å². The third-order valence-corrected chi connectivity index (χ3v) is 1.92. The molecule has 5 heteroatoms. The highest BCUT2D eigenvalue weighted by Gasteiger charge is 2.05. The summed E-state index contributed by atoms with van der Waals surface area (Å²) >= 11 is 0. The molecule has 5 nitrogen and oxygen atoms in total. The number of carbonyl (C=O) groups is 2. The lowest BCUT2D eigenvalue weighted by Crippen LogP contribution is -2.29. The zero-order valence-electron chi connectivity index (χ0n) is 9.49. The highest BCUT2D eigenvalue weighted by molar-refractivity contribution is 5.93. The fraction of sp³-hybridized carbons (Fsp3) is 0.167. The molecule has 1 aromatic rings. The maximum Gasteiger partial charge on any atom is 0.335 e. The molecule has 0 saturated heterocycles. The Morgan fingerprint density at radius 1 is 1.41 bits per heavy atom. The second-order valence-corrected chi connectivity index (χ2v) is 3.65. The minimum Gasteiger partial charge on any atom is -0.478 e. The largest absolute Gasteiger partial charge is 0.478 e. The number of urea groups is 1. The Bertz CT molecular complexity index is 455. The van der Waals surface area contributed by atoms with Gasteiger partial charge in [0.25, 0.3) is 0 Å². The van der Waals surface area contributed by atoms with Gasteiger partial charge in [0.1, 0.15) is 0 Å². The Morgan fingerprint density at radius 2 is 2.12 bits per heavy atom. The molecule has 1 rings (SSSR count). The monoisotopic (exact) mass is 234 g/mol. The summed E-state index contributed by atoms with van der Waals surface area (Å²) < 4.78 is 0. The zero-order valence-corrected chi connectivity index (χ0v) is 9.49. The smallest absolute Gasteiger partial charge is 0.335 e. The maximum absolute atomic E-state index is 11.4. The molecule has 0 aliphatic rings. The number of hydrogen-bond acceptors (Lipinski definition) is 2. The molecule has 0 aliphatic heterocycles. The standard InChI is InChI=1S/C12H14N2O3/c1-8(2)7-13-12(17)14-10-5-3-4-9(6-10)11(15)16/h3-6H,1,7H2,2H3,(H,15,16)(H2,13,14,17). The third kappa shape index (κ3) is 4.38. The number of carbonyl (C=O) groups excluding carboxylic acids is 1. The fourth-order valence-corrected chi connectivity index (χ4v) is 1.14. The summed E-state index contributed by atoms with van der Waals surface area (Å²) in [6.07, 6.45) is 0. The number of rotatable bonds is 4. The number of nitrogens with one attached hydrogen (secondary N) is 2. The fourth-order valence-electron chi connectivity index (χ4n) is 1.14. The van der Waals surface area contributed by atoms with Gasteiger partial charge < -0.3 is 15.7 Å². The van der Waals surface area contributed by atoms with Crippen LogP contribution in [0.5, 0.6) is 0 Å². The summed E-state index contributed by atoms with van der Waals surface area (Å²) in [5.41, 5.74) is 1.39. The van der Waals surface area contributed by atoms with Gasteiger partial charge in [-0.1, -0.05) is 18.2 Å². The number of carboxylic acids is 1.